The van der Waals surface area contributed by atoms with Crippen molar-refractivity contribution in [1.82, 2.24) is 9.97 Å². The molecule has 0 amide bonds. The van der Waals surface area contributed by atoms with Crippen molar-refractivity contribution in [3.8, 4) is 11.4 Å². The highest BCUT2D eigenvalue weighted by Gasteiger charge is 2.06. The van der Waals surface area contributed by atoms with Gasteiger partial charge in [0.25, 0.3) is 0 Å². The molecule has 0 bridgehead atoms. The topological polar surface area (TPSA) is 42.9 Å². The Morgan fingerprint density at radius 1 is 1.12 bits per heavy atom. The maximum atomic E-state index is 13.3. The molecule has 0 spiro atoms. The van der Waals surface area contributed by atoms with Crippen LogP contribution < -0.4 is 0 Å². The molecule has 1 aromatic heterocycles. The number of hydrogen-bond acceptors (Lipinski definition) is 3. The number of halogens is 1. The van der Waals surface area contributed by atoms with Crippen molar-refractivity contribution in [2.75, 3.05) is 0 Å². The van der Waals surface area contributed by atoms with E-state index in [0.29, 0.717) is 29.1 Å². The largest absolute Gasteiger partial charge is 0.296 e. The molecule has 17 heavy (non-hydrogen) atoms. The van der Waals surface area contributed by atoms with Gasteiger partial charge in [-0.05, 0) is 43.7 Å². The fourth-order valence-electron chi connectivity index (χ4n) is 1.65. The smallest absolute Gasteiger partial charge is 0.168 e. The van der Waals surface area contributed by atoms with Gasteiger partial charge in [0.15, 0.2) is 12.1 Å². The van der Waals surface area contributed by atoms with Crippen molar-refractivity contribution < 1.29 is 9.18 Å². The Morgan fingerprint density at radius 2 is 1.88 bits per heavy atom. The molecule has 0 aliphatic heterocycles. The Hall–Kier alpha value is -2.10. The number of carbonyl (C=O) groups is 1. The highest BCUT2D eigenvalue weighted by molar-refractivity contribution is 5.73. The van der Waals surface area contributed by atoms with E-state index in [0.717, 1.165) is 5.56 Å². The van der Waals surface area contributed by atoms with E-state index in [-0.39, 0.29) is 5.82 Å². The summed E-state index contributed by atoms with van der Waals surface area (Å²) < 4.78 is 13.3. The Labute approximate surface area is 98.3 Å². The van der Waals surface area contributed by atoms with Crippen molar-refractivity contribution in [2.24, 2.45) is 0 Å². The standard InChI is InChI=1S/C13H11FN2O/c1-8-3-10(6-11(14)4-8)13-15-9(2)5-12(7-17)16-13/h3-7H,1-2H3. The van der Waals surface area contributed by atoms with Crippen LogP contribution in [0.1, 0.15) is 21.7 Å². The van der Waals surface area contributed by atoms with Crippen LogP contribution in [0.15, 0.2) is 24.3 Å². The van der Waals surface area contributed by atoms with Crippen LogP contribution in [0.2, 0.25) is 0 Å². The van der Waals surface area contributed by atoms with Gasteiger partial charge < -0.3 is 0 Å². The lowest BCUT2D eigenvalue weighted by molar-refractivity contribution is 0.111. The third-order valence-corrected chi connectivity index (χ3v) is 2.30. The van der Waals surface area contributed by atoms with Gasteiger partial charge in [0, 0.05) is 11.3 Å². The van der Waals surface area contributed by atoms with Crippen LogP contribution in [-0.2, 0) is 0 Å². The number of carbonyl (C=O) groups excluding carboxylic acids is 1. The molecule has 0 saturated carbocycles. The van der Waals surface area contributed by atoms with Gasteiger partial charge >= 0.3 is 0 Å². The van der Waals surface area contributed by atoms with E-state index in [9.17, 15) is 9.18 Å². The second-order valence-corrected chi connectivity index (χ2v) is 3.89. The lowest BCUT2D eigenvalue weighted by atomic mass is 10.1. The molecule has 0 unspecified atom stereocenters. The summed E-state index contributed by atoms with van der Waals surface area (Å²) in [5.41, 5.74) is 2.35. The molecule has 1 aromatic carbocycles. The van der Waals surface area contributed by atoms with Gasteiger partial charge in [-0.2, -0.15) is 0 Å². The molecule has 86 valence electrons. The van der Waals surface area contributed by atoms with Crippen molar-refractivity contribution in [3.63, 3.8) is 0 Å². The number of nitrogens with zero attached hydrogens (tertiary/aromatic N) is 2. The second kappa shape index (κ2) is 4.41. The van der Waals surface area contributed by atoms with Crippen LogP contribution in [0.3, 0.4) is 0 Å². The number of aldehydes is 1. The monoisotopic (exact) mass is 230 g/mol. The average Bonchev–Trinajstić information content (AvgIpc) is 2.26. The molecule has 0 N–H and O–H groups in total. The molecule has 0 aliphatic carbocycles. The van der Waals surface area contributed by atoms with Gasteiger partial charge in [-0.3, -0.25) is 4.79 Å². The zero-order chi connectivity index (χ0) is 12.4. The zero-order valence-corrected chi connectivity index (χ0v) is 9.57. The molecule has 1 heterocycles. The summed E-state index contributed by atoms with van der Waals surface area (Å²) in [6, 6.07) is 6.16. The molecule has 2 rings (SSSR count). The number of hydrogen-bond donors (Lipinski definition) is 0. The first-order valence-corrected chi connectivity index (χ1v) is 5.17. The third-order valence-electron chi connectivity index (χ3n) is 2.30. The fraction of sp³-hybridized carbons (Fsp3) is 0.154. The lowest BCUT2D eigenvalue weighted by Crippen LogP contribution is -1.97. The van der Waals surface area contributed by atoms with E-state index in [2.05, 4.69) is 9.97 Å². The first kappa shape index (κ1) is 11.4. The summed E-state index contributed by atoms with van der Waals surface area (Å²) in [5.74, 6) is 0.0347. The molecule has 0 fully saturated rings. The summed E-state index contributed by atoms with van der Waals surface area (Å²) >= 11 is 0. The lowest BCUT2D eigenvalue weighted by Gasteiger charge is -2.04. The highest BCUT2D eigenvalue weighted by Crippen LogP contribution is 2.18. The summed E-state index contributed by atoms with van der Waals surface area (Å²) in [7, 11) is 0. The third kappa shape index (κ3) is 2.53. The van der Waals surface area contributed by atoms with Crippen LogP contribution in [0.5, 0.6) is 0 Å². The molecular formula is C13H11FN2O. The van der Waals surface area contributed by atoms with Gasteiger partial charge in [0.1, 0.15) is 11.5 Å². The van der Waals surface area contributed by atoms with E-state index < -0.39 is 0 Å². The van der Waals surface area contributed by atoms with Gasteiger partial charge in [-0.25, -0.2) is 14.4 Å². The maximum absolute atomic E-state index is 13.3. The van der Waals surface area contributed by atoms with Crippen molar-refractivity contribution in [1.29, 1.82) is 0 Å². The summed E-state index contributed by atoms with van der Waals surface area (Å²) in [5, 5.41) is 0. The average molecular weight is 230 g/mol. The SMILES string of the molecule is Cc1cc(F)cc(-c2nc(C)cc(C=O)n2)c1. The highest BCUT2D eigenvalue weighted by atomic mass is 19.1. The number of aryl methyl sites for hydroxylation is 2. The Kier molecular flexibility index (Phi) is 2.95. The summed E-state index contributed by atoms with van der Waals surface area (Å²) in [4.78, 5) is 19.0. The molecule has 0 atom stereocenters. The maximum Gasteiger partial charge on any atom is 0.168 e. The normalized spacial score (nSPS) is 10.3. The minimum Gasteiger partial charge on any atom is -0.296 e. The van der Waals surface area contributed by atoms with E-state index >= 15 is 0 Å². The number of benzene rings is 1. The van der Waals surface area contributed by atoms with E-state index in [1.807, 2.05) is 0 Å². The Morgan fingerprint density at radius 3 is 2.53 bits per heavy atom. The van der Waals surface area contributed by atoms with Crippen LogP contribution in [0, 0.1) is 19.7 Å². The van der Waals surface area contributed by atoms with Crippen molar-refractivity contribution >= 4 is 6.29 Å². The van der Waals surface area contributed by atoms with Crippen LogP contribution in [0.4, 0.5) is 4.39 Å². The van der Waals surface area contributed by atoms with E-state index in [1.54, 1.807) is 26.0 Å². The minimum atomic E-state index is -0.335. The predicted octanol–water partition coefficient (Wildman–Crippen LogP) is 2.71. The molecule has 0 radical (unpaired) electrons. The van der Waals surface area contributed by atoms with E-state index in [4.69, 9.17) is 0 Å². The predicted molar refractivity (Wildman–Crippen MR) is 62.3 cm³/mol. The molecule has 4 heteroatoms. The summed E-state index contributed by atoms with van der Waals surface area (Å²) in [6.07, 6.45) is 0.657. The minimum absolute atomic E-state index is 0.300. The number of aromatic nitrogens is 2. The summed E-state index contributed by atoms with van der Waals surface area (Å²) in [6.45, 7) is 3.56. The van der Waals surface area contributed by atoms with Crippen LogP contribution in [-0.4, -0.2) is 16.3 Å². The van der Waals surface area contributed by atoms with Gasteiger partial charge in [0.05, 0.1) is 0 Å². The Bertz CT molecular complexity index is 561. The first-order valence-electron chi connectivity index (χ1n) is 5.17. The van der Waals surface area contributed by atoms with Crippen LogP contribution in [0.25, 0.3) is 11.4 Å². The fourth-order valence-corrected chi connectivity index (χ4v) is 1.65. The van der Waals surface area contributed by atoms with Crippen molar-refractivity contribution in [3.05, 3.63) is 47.0 Å². The zero-order valence-electron chi connectivity index (χ0n) is 9.57. The van der Waals surface area contributed by atoms with Gasteiger partial charge in [-0.15, -0.1) is 0 Å². The van der Waals surface area contributed by atoms with E-state index in [1.165, 1.54) is 12.1 Å². The number of rotatable bonds is 2. The second-order valence-electron chi connectivity index (χ2n) is 3.89. The van der Waals surface area contributed by atoms with Crippen LogP contribution >= 0.6 is 0 Å². The van der Waals surface area contributed by atoms with Gasteiger partial charge in [-0.1, -0.05) is 0 Å². The molecular weight excluding hydrogens is 219 g/mol. The first-order chi connectivity index (χ1) is 8.08. The molecule has 2 aromatic rings. The Balaban J connectivity index is 2.59. The van der Waals surface area contributed by atoms with Crippen molar-refractivity contribution in [2.45, 2.75) is 13.8 Å². The quantitative estimate of drug-likeness (QED) is 0.745. The molecule has 0 saturated heterocycles. The van der Waals surface area contributed by atoms with Gasteiger partial charge in [0.2, 0.25) is 0 Å². The molecule has 0 aliphatic rings. The molecule has 3 nitrogen and oxygen atoms in total.